The van der Waals surface area contributed by atoms with Crippen LogP contribution in [-0.2, 0) is 11.3 Å². The average molecular weight is 342 g/mol. The largest absolute Gasteiger partial charge is 0.339 e. The number of hydrogen-bond donors (Lipinski definition) is 1. The summed E-state index contributed by atoms with van der Waals surface area (Å²) in [7, 11) is 0. The molecule has 0 aliphatic carbocycles. The van der Waals surface area contributed by atoms with E-state index in [-0.39, 0.29) is 0 Å². The van der Waals surface area contributed by atoms with Crippen LogP contribution in [0.15, 0.2) is 30.3 Å². The Bertz CT molecular complexity index is 572. The van der Waals surface area contributed by atoms with Gasteiger partial charge in [0.15, 0.2) is 0 Å². The van der Waals surface area contributed by atoms with Gasteiger partial charge in [0.1, 0.15) is 0 Å². The molecule has 2 bridgehead atoms. The average Bonchev–Trinajstić information content (AvgIpc) is 2.94. The van der Waals surface area contributed by atoms with Crippen LogP contribution in [0, 0.1) is 5.92 Å². The number of carbonyl (C=O) groups is 1. The van der Waals surface area contributed by atoms with Crippen LogP contribution in [0.3, 0.4) is 0 Å². The summed E-state index contributed by atoms with van der Waals surface area (Å²) in [4.78, 5) is 19.8. The molecule has 4 aliphatic heterocycles. The van der Waals surface area contributed by atoms with Crippen LogP contribution in [-0.4, -0.2) is 79.0 Å². The fraction of sp³-hybridized carbons (Fsp3) is 0.650. The quantitative estimate of drug-likeness (QED) is 0.887. The zero-order chi connectivity index (χ0) is 17.1. The minimum absolute atomic E-state index is 0.323. The highest BCUT2D eigenvalue weighted by molar-refractivity contribution is 5.78. The van der Waals surface area contributed by atoms with Crippen LogP contribution < -0.4 is 5.32 Å². The lowest BCUT2D eigenvalue weighted by atomic mass is 9.95. The van der Waals surface area contributed by atoms with E-state index in [4.69, 9.17) is 0 Å². The highest BCUT2D eigenvalue weighted by Crippen LogP contribution is 2.28. The van der Waals surface area contributed by atoms with Gasteiger partial charge in [-0.25, -0.2) is 0 Å². The first-order valence-electron chi connectivity index (χ1n) is 9.77. The third kappa shape index (κ3) is 4.22. The third-order valence-electron chi connectivity index (χ3n) is 5.96. The zero-order valence-corrected chi connectivity index (χ0v) is 15.1. The molecule has 4 saturated heterocycles. The van der Waals surface area contributed by atoms with Gasteiger partial charge >= 0.3 is 0 Å². The van der Waals surface area contributed by atoms with E-state index >= 15 is 0 Å². The van der Waals surface area contributed by atoms with Crippen molar-refractivity contribution in [2.45, 2.75) is 25.4 Å². The SMILES string of the molecule is O=C(CN1C[C@H]2CC[C@@H]1CN(Cc1ccccc1)C2)N1CCNCC1. The Hall–Kier alpha value is -1.43. The second-order valence-corrected chi connectivity index (χ2v) is 7.84. The monoisotopic (exact) mass is 342 g/mol. The Morgan fingerprint density at radius 1 is 1.04 bits per heavy atom. The molecule has 0 radical (unpaired) electrons. The molecular weight excluding hydrogens is 312 g/mol. The minimum Gasteiger partial charge on any atom is -0.339 e. The number of nitrogens with zero attached hydrogens (tertiary/aromatic N) is 3. The molecule has 0 aromatic heterocycles. The van der Waals surface area contributed by atoms with Gasteiger partial charge in [0.05, 0.1) is 6.54 Å². The predicted octanol–water partition coefficient (Wildman–Crippen LogP) is 1.01. The van der Waals surface area contributed by atoms with Crippen LogP contribution in [0.2, 0.25) is 0 Å². The molecule has 4 heterocycles. The Morgan fingerprint density at radius 3 is 2.64 bits per heavy atom. The topological polar surface area (TPSA) is 38.8 Å². The molecule has 2 atom stereocenters. The van der Waals surface area contributed by atoms with E-state index < -0.39 is 0 Å². The van der Waals surface area contributed by atoms with Crippen molar-refractivity contribution in [3.63, 3.8) is 0 Å². The predicted molar refractivity (Wildman–Crippen MR) is 99.3 cm³/mol. The number of nitrogens with one attached hydrogen (secondary N) is 1. The molecule has 4 fully saturated rings. The molecule has 0 spiro atoms. The van der Waals surface area contributed by atoms with Crippen LogP contribution in [0.25, 0.3) is 0 Å². The standard InChI is InChI=1S/C20H30N4O/c25-20(23-10-8-21-9-11-23)16-24-14-18-6-7-19(24)15-22(13-18)12-17-4-2-1-3-5-17/h1-5,18-19,21H,6-16H2/t18-,19+/m0/s1. The van der Waals surface area contributed by atoms with Crippen LogP contribution in [0.1, 0.15) is 18.4 Å². The van der Waals surface area contributed by atoms with Gasteiger partial charge in [-0.1, -0.05) is 30.3 Å². The fourth-order valence-corrected chi connectivity index (χ4v) is 4.63. The smallest absolute Gasteiger partial charge is 0.236 e. The Labute approximate surface area is 151 Å². The summed E-state index contributed by atoms with van der Waals surface area (Å²) in [5.74, 6) is 1.03. The van der Waals surface area contributed by atoms with Gasteiger partial charge in [-0.3, -0.25) is 14.6 Å². The Balaban J connectivity index is 1.37. The molecule has 136 valence electrons. The number of rotatable bonds is 4. The first-order chi connectivity index (χ1) is 12.3. The summed E-state index contributed by atoms with van der Waals surface area (Å²) in [5.41, 5.74) is 1.40. The number of piperazine rings is 1. The van der Waals surface area contributed by atoms with Crippen molar-refractivity contribution >= 4 is 5.91 Å². The molecule has 1 aromatic rings. The number of amides is 1. The number of fused-ring (bicyclic) bond motifs is 4. The first kappa shape index (κ1) is 17.0. The molecule has 5 rings (SSSR count). The molecule has 1 N–H and O–H groups in total. The summed E-state index contributed by atoms with van der Waals surface area (Å²) in [6, 6.07) is 11.3. The fourth-order valence-electron chi connectivity index (χ4n) is 4.63. The van der Waals surface area contributed by atoms with Crippen molar-refractivity contribution in [1.82, 2.24) is 20.0 Å². The third-order valence-corrected chi connectivity index (χ3v) is 5.96. The zero-order valence-electron chi connectivity index (χ0n) is 15.1. The van der Waals surface area contributed by atoms with E-state index in [1.165, 1.54) is 24.9 Å². The van der Waals surface area contributed by atoms with Crippen LogP contribution >= 0.6 is 0 Å². The maximum atomic E-state index is 12.7. The van der Waals surface area contributed by atoms with Crippen LogP contribution in [0.5, 0.6) is 0 Å². The van der Waals surface area contributed by atoms with E-state index in [2.05, 4.69) is 45.4 Å². The molecule has 5 nitrogen and oxygen atoms in total. The molecule has 4 aliphatic rings. The van der Waals surface area contributed by atoms with Crippen molar-refractivity contribution in [1.29, 1.82) is 0 Å². The summed E-state index contributed by atoms with van der Waals surface area (Å²) < 4.78 is 0. The van der Waals surface area contributed by atoms with Gasteiger partial charge in [-0.05, 0) is 24.3 Å². The normalized spacial score (nSPS) is 28.1. The van der Waals surface area contributed by atoms with Gasteiger partial charge in [0.25, 0.3) is 0 Å². The van der Waals surface area contributed by atoms with Crippen molar-refractivity contribution in [3.05, 3.63) is 35.9 Å². The summed E-state index contributed by atoms with van der Waals surface area (Å²) >= 11 is 0. The van der Waals surface area contributed by atoms with Gasteiger partial charge in [-0.15, -0.1) is 0 Å². The second kappa shape index (κ2) is 7.85. The van der Waals surface area contributed by atoms with Gasteiger partial charge < -0.3 is 10.2 Å². The summed E-state index contributed by atoms with van der Waals surface area (Å²) in [5, 5.41) is 3.33. The van der Waals surface area contributed by atoms with Crippen molar-refractivity contribution in [3.8, 4) is 0 Å². The molecule has 0 saturated carbocycles. The van der Waals surface area contributed by atoms with Gasteiger partial charge in [0, 0.05) is 58.4 Å². The first-order valence-corrected chi connectivity index (χ1v) is 9.77. The van der Waals surface area contributed by atoms with E-state index in [0.717, 1.165) is 45.8 Å². The van der Waals surface area contributed by atoms with Crippen molar-refractivity contribution in [2.24, 2.45) is 5.92 Å². The summed E-state index contributed by atoms with van der Waals surface area (Å²) in [6.45, 7) is 8.60. The second-order valence-electron chi connectivity index (χ2n) is 7.84. The van der Waals surface area contributed by atoms with Gasteiger partial charge in [-0.2, -0.15) is 0 Å². The van der Waals surface area contributed by atoms with E-state index in [9.17, 15) is 4.79 Å². The maximum absolute atomic E-state index is 12.7. The lowest BCUT2D eigenvalue weighted by Crippen LogP contribution is -2.53. The molecule has 1 amide bonds. The van der Waals surface area contributed by atoms with E-state index in [1.807, 2.05) is 4.90 Å². The molecule has 0 unspecified atom stereocenters. The van der Waals surface area contributed by atoms with Crippen molar-refractivity contribution < 1.29 is 4.79 Å². The van der Waals surface area contributed by atoms with Crippen molar-refractivity contribution in [2.75, 3.05) is 52.4 Å². The van der Waals surface area contributed by atoms with E-state index in [0.29, 0.717) is 24.4 Å². The molecular formula is C20H30N4O. The maximum Gasteiger partial charge on any atom is 0.236 e. The highest BCUT2D eigenvalue weighted by Gasteiger charge is 2.36. The lowest BCUT2D eigenvalue weighted by Gasteiger charge is -2.37. The number of hydrogen-bond acceptors (Lipinski definition) is 4. The Morgan fingerprint density at radius 2 is 1.84 bits per heavy atom. The molecule has 1 aromatic carbocycles. The van der Waals surface area contributed by atoms with E-state index in [1.54, 1.807) is 0 Å². The molecule has 25 heavy (non-hydrogen) atoms. The minimum atomic E-state index is 0.323. The number of benzene rings is 1. The number of carbonyl (C=O) groups excluding carboxylic acids is 1. The van der Waals surface area contributed by atoms with Crippen LogP contribution in [0.4, 0.5) is 0 Å². The summed E-state index contributed by atoms with van der Waals surface area (Å²) in [6.07, 6.45) is 2.55. The lowest BCUT2D eigenvalue weighted by molar-refractivity contribution is -0.134. The van der Waals surface area contributed by atoms with Gasteiger partial charge in [0.2, 0.25) is 5.91 Å². The highest BCUT2D eigenvalue weighted by atomic mass is 16.2. The Kier molecular flexibility index (Phi) is 5.34. The number of piperidine rings is 1. The molecule has 5 heteroatoms.